The third-order valence-corrected chi connectivity index (χ3v) is 3.83. The van der Waals surface area contributed by atoms with E-state index in [1.807, 2.05) is 18.4 Å². The lowest BCUT2D eigenvalue weighted by Gasteiger charge is -2.11. The first-order chi connectivity index (χ1) is 7.66. The highest BCUT2D eigenvalue weighted by atomic mass is 35.5. The van der Waals surface area contributed by atoms with Crippen LogP contribution in [0.5, 0.6) is 0 Å². The Morgan fingerprint density at radius 3 is 2.88 bits per heavy atom. The Balaban J connectivity index is 2.20. The molecule has 0 radical (unpaired) electrons. The average molecular weight is 255 g/mol. The molecule has 0 fully saturated rings. The molecule has 0 aliphatic carbocycles. The second-order valence-corrected chi connectivity index (χ2v) is 5.31. The third-order valence-electron chi connectivity index (χ3n) is 2.54. The van der Waals surface area contributed by atoms with Gasteiger partial charge in [0.2, 0.25) is 0 Å². The highest BCUT2D eigenvalue weighted by Gasteiger charge is 2.12. The molecule has 16 heavy (non-hydrogen) atoms. The predicted molar refractivity (Wildman–Crippen MR) is 67.8 cm³/mol. The largest absolute Gasteiger partial charge is 0.207 e. The number of rotatable bonds is 3. The second kappa shape index (κ2) is 4.98. The Hall–Kier alpha value is -0.860. The van der Waals surface area contributed by atoms with E-state index >= 15 is 0 Å². The minimum Gasteiger partial charge on any atom is -0.207 e. The molecule has 0 nitrogen and oxygen atoms in total. The fraction of sp³-hybridized carbons (Fsp3) is 0.231. The Labute approximate surface area is 104 Å². The van der Waals surface area contributed by atoms with E-state index in [4.69, 9.17) is 11.6 Å². The van der Waals surface area contributed by atoms with Crippen LogP contribution >= 0.6 is 22.9 Å². The molecular formula is C13H12ClFS. The van der Waals surface area contributed by atoms with E-state index < -0.39 is 0 Å². The first kappa shape index (κ1) is 11.6. The Morgan fingerprint density at radius 1 is 1.38 bits per heavy atom. The average Bonchev–Trinajstić information content (AvgIpc) is 2.74. The molecule has 0 bridgehead atoms. The first-order valence-electron chi connectivity index (χ1n) is 5.09. The van der Waals surface area contributed by atoms with Gasteiger partial charge in [-0.2, -0.15) is 0 Å². The summed E-state index contributed by atoms with van der Waals surface area (Å²) in [7, 11) is 0. The highest BCUT2D eigenvalue weighted by Crippen LogP contribution is 2.29. The Kier molecular flexibility index (Phi) is 3.62. The van der Waals surface area contributed by atoms with Crippen molar-refractivity contribution in [2.75, 3.05) is 0 Å². The van der Waals surface area contributed by atoms with E-state index in [0.29, 0.717) is 0 Å². The summed E-state index contributed by atoms with van der Waals surface area (Å²) in [6.45, 7) is 1.96. The molecule has 0 aliphatic rings. The van der Waals surface area contributed by atoms with Gasteiger partial charge in [0.15, 0.2) is 0 Å². The molecule has 3 heteroatoms. The third kappa shape index (κ3) is 2.63. The number of aryl methyl sites for hydroxylation is 1. The van der Waals surface area contributed by atoms with Crippen molar-refractivity contribution in [2.45, 2.75) is 18.7 Å². The lowest BCUT2D eigenvalue weighted by Crippen LogP contribution is -1.98. The molecule has 84 valence electrons. The van der Waals surface area contributed by atoms with Crippen LogP contribution in [-0.4, -0.2) is 0 Å². The zero-order valence-corrected chi connectivity index (χ0v) is 10.5. The minimum atomic E-state index is -0.225. The van der Waals surface area contributed by atoms with E-state index in [0.717, 1.165) is 17.5 Å². The fourth-order valence-electron chi connectivity index (χ4n) is 1.66. The monoisotopic (exact) mass is 254 g/mol. The minimum absolute atomic E-state index is 0.158. The van der Waals surface area contributed by atoms with Gasteiger partial charge in [-0.3, -0.25) is 0 Å². The normalized spacial score (nSPS) is 12.7. The molecule has 0 spiro atoms. The van der Waals surface area contributed by atoms with Crippen LogP contribution in [0.4, 0.5) is 4.39 Å². The molecule has 0 aliphatic heterocycles. The van der Waals surface area contributed by atoms with Crippen molar-refractivity contribution in [2.24, 2.45) is 0 Å². The summed E-state index contributed by atoms with van der Waals surface area (Å²) < 4.78 is 13.1. The van der Waals surface area contributed by atoms with Gasteiger partial charge in [0.05, 0.1) is 5.38 Å². The molecule has 2 aromatic rings. The van der Waals surface area contributed by atoms with Gasteiger partial charge in [0.25, 0.3) is 0 Å². The number of halogens is 2. The van der Waals surface area contributed by atoms with Gasteiger partial charge in [0.1, 0.15) is 5.82 Å². The maximum atomic E-state index is 13.1. The van der Waals surface area contributed by atoms with Gasteiger partial charge in [0, 0.05) is 11.3 Å². The van der Waals surface area contributed by atoms with Gasteiger partial charge in [-0.05, 0) is 41.6 Å². The van der Waals surface area contributed by atoms with E-state index in [1.165, 1.54) is 17.0 Å². The van der Waals surface area contributed by atoms with Crippen molar-refractivity contribution < 1.29 is 4.39 Å². The number of hydrogen-bond donors (Lipinski definition) is 0. The van der Waals surface area contributed by atoms with E-state index in [9.17, 15) is 4.39 Å². The zero-order chi connectivity index (χ0) is 11.5. The number of alkyl halides is 1. The molecule has 0 amide bonds. The highest BCUT2D eigenvalue weighted by molar-refractivity contribution is 7.09. The van der Waals surface area contributed by atoms with Crippen molar-refractivity contribution in [1.82, 2.24) is 0 Å². The molecule has 1 heterocycles. The lowest BCUT2D eigenvalue weighted by atomic mass is 10.0. The summed E-state index contributed by atoms with van der Waals surface area (Å²) in [4.78, 5) is 1.23. The number of thiophene rings is 1. The Morgan fingerprint density at radius 2 is 2.19 bits per heavy atom. The SMILES string of the molecule is Cc1ccc(F)cc1C(Cl)Cc1cccs1. The molecule has 1 unspecified atom stereocenters. The van der Waals surface area contributed by atoms with E-state index in [2.05, 4.69) is 6.07 Å². The standard InChI is InChI=1S/C13H12ClFS/c1-9-4-5-10(15)7-12(9)13(14)8-11-3-2-6-16-11/h2-7,13H,8H2,1H3. The van der Waals surface area contributed by atoms with Crippen LogP contribution in [-0.2, 0) is 6.42 Å². The van der Waals surface area contributed by atoms with Crippen LogP contribution in [0, 0.1) is 12.7 Å². The number of hydrogen-bond acceptors (Lipinski definition) is 1. The summed E-state index contributed by atoms with van der Waals surface area (Å²) in [6.07, 6.45) is 0.753. The molecule has 2 rings (SSSR count). The quantitative estimate of drug-likeness (QED) is 0.696. The molecule has 1 aromatic heterocycles. The van der Waals surface area contributed by atoms with Crippen LogP contribution in [0.1, 0.15) is 21.4 Å². The maximum Gasteiger partial charge on any atom is 0.123 e. The van der Waals surface area contributed by atoms with Crippen LogP contribution in [0.15, 0.2) is 35.7 Å². The van der Waals surface area contributed by atoms with Crippen molar-refractivity contribution >= 4 is 22.9 Å². The van der Waals surface area contributed by atoms with Gasteiger partial charge < -0.3 is 0 Å². The Bertz CT molecular complexity index is 465. The summed E-state index contributed by atoms with van der Waals surface area (Å²) in [5.41, 5.74) is 1.92. The second-order valence-electron chi connectivity index (χ2n) is 3.75. The molecule has 0 N–H and O–H groups in total. The topological polar surface area (TPSA) is 0 Å². The van der Waals surface area contributed by atoms with Crippen LogP contribution in [0.25, 0.3) is 0 Å². The smallest absolute Gasteiger partial charge is 0.123 e. The van der Waals surface area contributed by atoms with Gasteiger partial charge in [-0.15, -0.1) is 22.9 Å². The predicted octanol–water partition coefficient (Wildman–Crippen LogP) is 4.72. The van der Waals surface area contributed by atoms with Crippen LogP contribution < -0.4 is 0 Å². The summed E-state index contributed by atoms with van der Waals surface area (Å²) in [5, 5.41) is 1.87. The van der Waals surface area contributed by atoms with E-state index in [1.54, 1.807) is 17.4 Å². The molecule has 1 aromatic carbocycles. The first-order valence-corrected chi connectivity index (χ1v) is 6.41. The number of benzene rings is 1. The van der Waals surface area contributed by atoms with Crippen molar-refractivity contribution in [3.8, 4) is 0 Å². The van der Waals surface area contributed by atoms with Crippen molar-refractivity contribution in [3.63, 3.8) is 0 Å². The summed E-state index contributed by atoms with van der Waals surface area (Å²) in [6, 6.07) is 8.82. The van der Waals surface area contributed by atoms with Gasteiger partial charge in [-0.1, -0.05) is 12.1 Å². The molecule has 1 atom stereocenters. The molecule has 0 saturated carbocycles. The zero-order valence-electron chi connectivity index (χ0n) is 8.91. The van der Waals surface area contributed by atoms with Crippen molar-refractivity contribution in [3.05, 3.63) is 57.5 Å². The van der Waals surface area contributed by atoms with Crippen LogP contribution in [0.2, 0.25) is 0 Å². The van der Waals surface area contributed by atoms with Gasteiger partial charge in [-0.25, -0.2) is 4.39 Å². The van der Waals surface area contributed by atoms with Crippen molar-refractivity contribution in [1.29, 1.82) is 0 Å². The molecular weight excluding hydrogens is 243 g/mol. The fourth-order valence-corrected chi connectivity index (χ4v) is 2.91. The van der Waals surface area contributed by atoms with E-state index in [-0.39, 0.29) is 11.2 Å². The summed E-state index contributed by atoms with van der Waals surface area (Å²) in [5.74, 6) is -0.225. The summed E-state index contributed by atoms with van der Waals surface area (Å²) >= 11 is 7.99. The maximum absolute atomic E-state index is 13.1. The van der Waals surface area contributed by atoms with Gasteiger partial charge >= 0.3 is 0 Å². The van der Waals surface area contributed by atoms with Crippen LogP contribution in [0.3, 0.4) is 0 Å². The lowest BCUT2D eigenvalue weighted by molar-refractivity contribution is 0.624. The molecule has 0 saturated heterocycles.